The maximum atomic E-state index is 11.4. The van der Waals surface area contributed by atoms with Gasteiger partial charge in [-0.05, 0) is 25.2 Å². The zero-order valence-corrected chi connectivity index (χ0v) is 10.0. The standard InChI is InChI=1S/C10H13N3O2S/c1-6-11-12-8(16-6)13-5-9(2)3-10(13,4-9)7(14)15/h3-5H2,1-2H3,(H,14,15). The number of carbonyl (C=O) groups is 1. The third-order valence-corrected chi connectivity index (χ3v) is 4.50. The van der Waals surface area contributed by atoms with Crippen molar-refractivity contribution in [3.05, 3.63) is 5.01 Å². The first-order chi connectivity index (χ1) is 7.45. The molecule has 0 spiro atoms. The predicted molar refractivity (Wildman–Crippen MR) is 59.7 cm³/mol. The summed E-state index contributed by atoms with van der Waals surface area (Å²) in [6, 6.07) is 0. The van der Waals surface area contributed by atoms with Crippen molar-refractivity contribution >= 4 is 22.4 Å². The maximum absolute atomic E-state index is 11.4. The number of fused-ring (bicyclic) bond motifs is 1. The molecule has 2 aliphatic heterocycles. The number of nitrogens with zero attached hydrogens (tertiary/aromatic N) is 3. The molecule has 0 radical (unpaired) electrons. The molecule has 1 aromatic heterocycles. The number of rotatable bonds is 2. The van der Waals surface area contributed by atoms with Crippen LogP contribution >= 0.6 is 11.3 Å². The zero-order chi connectivity index (χ0) is 11.6. The highest BCUT2D eigenvalue weighted by molar-refractivity contribution is 7.15. The van der Waals surface area contributed by atoms with Gasteiger partial charge >= 0.3 is 5.97 Å². The molecule has 3 aliphatic rings. The van der Waals surface area contributed by atoms with Crippen molar-refractivity contribution in [2.45, 2.75) is 32.2 Å². The molecule has 3 fully saturated rings. The lowest BCUT2D eigenvalue weighted by Gasteiger charge is -2.42. The van der Waals surface area contributed by atoms with E-state index in [0.29, 0.717) is 0 Å². The molecule has 3 heterocycles. The monoisotopic (exact) mass is 239 g/mol. The molecule has 0 unspecified atom stereocenters. The Kier molecular flexibility index (Phi) is 1.71. The summed E-state index contributed by atoms with van der Waals surface area (Å²) in [7, 11) is 0. The highest BCUT2D eigenvalue weighted by Crippen LogP contribution is 2.60. The van der Waals surface area contributed by atoms with Gasteiger partial charge in [0.2, 0.25) is 5.13 Å². The summed E-state index contributed by atoms with van der Waals surface area (Å²) >= 11 is 1.47. The van der Waals surface area contributed by atoms with Crippen LogP contribution in [-0.4, -0.2) is 33.4 Å². The van der Waals surface area contributed by atoms with Gasteiger partial charge < -0.3 is 10.0 Å². The van der Waals surface area contributed by atoms with E-state index in [1.807, 2.05) is 11.8 Å². The SMILES string of the molecule is Cc1nnc(N2CC3(C)CC2(C(=O)O)C3)s1. The number of carboxylic acids is 1. The molecular weight excluding hydrogens is 226 g/mol. The van der Waals surface area contributed by atoms with E-state index in [0.717, 1.165) is 29.5 Å². The van der Waals surface area contributed by atoms with Crippen LogP contribution < -0.4 is 4.90 Å². The second-order valence-electron chi connectivity index (χ2n) is 5.19. The van der Waals surface area contributed by atoms with Crippen LogP contribution in [-0.2, 0) is 4.79 Å². The van der Waals surface area contributed by atoms with Gasteiger partial charge in [-0.2, -0.15) is 0 Å². The lowest BCUT2D eigenvalue weighted by Crippen LogP contribution is -2.55. The van der Waals surface area contributed by atoms with E-state index < -0.39 is 11.5 Å². The van der Waals surface area contributed by atoms with Crippen LogP contribution in [0.2, 0.25) is 0 Å². The molecule has 0 aromatic carbocycles. The van der Waals surface area contributed by atoms with Gasteiger partial charge in [0.15, 0.2) is 0 Å². The fourth-order valence-corrected chi connectivity index (χ4v) is 3.89. The second kappa shape index (κ2) is 2.74. The molecule has 1 aromatic rings. The first kappa shape index (κ1) is 10.0. The predicted octanol–water partition coefficient (Wildman–Crippen LogP) is 1.29. The maximum Gasteiger partial charge on any atom is 0.329 e. The quantitative estimate of drug-likeness (QED) is 0.842. The summed E-state index contributed by atoms with van der Waals surface area (Å²) in [5, 5.41) is 19.0. The van der Waals surface area contributed by atoms with Crippen molar-refractivity contribution < 1.29 is 9.90 Å². The van der Waals surface area contributed by atoms with Crippen LogP contribution in [0.25, 0.3) is 0 Å². The molecule has 6 heteroatoms. The highest BCUT2D eigenvalue weighted by atomic mass is 32.1. The minimum Gasteiger partial charge on any atom is -0.479 e. The average Bonchev–Trinajstić information content (AvgIpc) is 2.74. The number of carboxylic acid groups (broad SMARTS) is 1. The van der Waals surface area contributed by atoms with E-state index in [9.17, 15) is 9.90 Å². The van der Waals surface area contributed by atoms with E-state index in [4.69, 9.17) is 0 Å². The Balaban J connectivity index is 2.00. The van der Waals surface area contributed by atoms with Crippen molar-refractivity contribution in [3.8, 4) is 0 Å². The smallest absolute Gasteiger partial charge is 0.329 e. The molecule has 1 aliphatic carbocycles. The summed E-state index contributed by atoms with van der Waals surface area (Å²) in [6.45, 7) is 4.81. The largest absolute Gasteiger partial charge is 0.479 e. The molecule has 16 heavy (non-hydrogen) atoms. The van der Waals surface area contributed by atoms with Gasteiger partial charge in [0.25, 0.3) is 0 Å². The first-order valence-corrected chi connectivity index (χ1v) is 6.08. The minimum absolute atomic E-state index is 0.151. The molecule has 0 amide bonds. The van der Waals surface area contributed by atoms with Crippen molar-refractivity contribution in [1.29, 1.82) is 0 Å². The molecule has 4 rings (SSSR count). The van der Waals surface area contributed by atoms with Gasteiger partial charge in [-0.3, -0.25) is 0 Å². The van der Waals surface area contributed by atoms with Crippen molar-refractivity contribution in [2.75, 3.05) is 11.4 Å². The summed E-state index contributed by atoms with van der Waals surface area (Å²) in [5.41, 5.74) is -0.557. The number of anilines is 1. The number of aryl methyl sites for hydroxylation is 1. The Hall–Kier alpha value is -1.17. The number of hydrogen-bond donors (Lipinski definition) is 1. The van der Waals surface area contributed by atoms with Crippen LogP contribution in [0, 0.1) is 12.3 Å². The van der Waals surface area contributed by atoms with E-state index in [2.05, 4.69) is 17.1 Å². The summed E-state index contributed by atoms with van der Waals surface area (Å²) < 4.78 is 0. The van der Waals surface area contributed by atoms with Gasteiger partial charge in [0.05, 0.1) is 0 Å². The van der Waals surface area contributed by atoms with E-state index in [1.165, 1.54) is 11.3 Å². The highest BCUT2D eigenvalue weighted by Gasteiger charge is 2.68. The lowest BCUT2D eigenvalue weighted by molar-refractivity contribution is -0.147. The van der Waals surface area contributed by atoms with Crippen LogP contribution in [0.5, 0.6) is 0 Å². The second-order valence-corrected chi connectivity index (χ2v) is 6.35. The van der Waals surface area contributed by atoms with Crippen LogP contribution in [0.15, 0.2) is 0 Å². The Morgan fingerprint density at radius 3 is 2.69 bits per heavy atom. The summed E-state index contributed by atoms with van der Waals surface area (Å²) in [6.07, 6.45) is 1.46. The lowest BCUT2D eigenvalue weighted by atomic mass is 9.63. The zero-order valence-electron chi connectivity index (χ0n) is 9.23. The van der Waals surface area contributed by atoms with Crippen LogP contribution in [0.1, 0.15) is 24.8 Å². The number of hydrogen-bond acceptors (Lipinski definition) is 5. The molecule has 0 atom stereocenters. The molecule has 86 valence electrons. The van der Waals surface area contributed by atoms with E-state index in [-0.39, 0.29) is 5.41 Å². The van der Waals surface area contributed by atoms with Gasteiger partial charge in [-0.1, -0.05) is 18.3 Å². The van der Waals surface area contributed by atoms with Gasteiger partial charge in [-0.15, -0.1) is 10.2 Å². The molecule has 2 bridgehead atoms. The van der Waals surface area contributed by atoms with Gasteiger partial charge in [0, 0.05) is 6.54 Å². The molecule has 1 saturated carbocycles. The Morgan fingerprint density at radius 1 is 1.50 bits per heavy atom. The Morgan fingerprint density at radius 2 is 2.19 bits per heavy atom. The molecule has 5 nitrogen and oxygen atoms in total. The summed E-state index contributed by atoms with van der Waals surface area (Å²) in [5.74, 6) is -0.727. The van der Waals surface area contributed by atoms with E-state index >= 15 is 0 Å². The van der Waals surface area contributed by atoms with Crippen molar-refractivity contribution in [2.24, 2.45) is 5.41 Å². The first-order valence-electron chi connectivity index (χ1n) is 5.26. The Labute approximate surface area is 97.1 Å². The Bertz CT molecular complexity index is 464. The van der Waals surface area contributed by atoms with Gasteiger partial charge in [0.1, 0.15) is 10.5 Å². The number of aliphatic carboxylic acids is 1. The summed E-state index contributed by atoms with van der Waals surface area (Å²) in [4.78, 5) is 13.3. The van der Waals surface area contributed by atoms with Crippen molar-refractivity contribution in [1.82, 2.24) is 10.2 Å². The molecule has 2 saturated heterocycles. The fraction of sp³-hybridized carbons (Fsp3) is 0.700. The number of aromatic nitrogens is 2. The third kappa shape index (κ3) is 1.08. The molecule has 1 N–H and O–H groups in total. The third-order valence-electron chi connectivity index (χ3n) is 3.64. The van der Waals surface area contributed by atoms with Crippen LogP contribution in [0.4, 0.5) is 5.13 Å². The topological polar surface area (TPSA) is 66.3 Å². The average molecular weight is 239 g/mol. The fourth-order valence-electron chi connectivity index (χ4n) is 3.11. The molecular formula is C10H13N3O2S. The minimum atomic E-state index is -0.727. The van der Waals surface area contributed by atoms with E-state index in [1.54, 1.807) is 0 Å². The van der Waals surface area contributed by atoms with Crippen LogP contribution in [0.3, 0.4) is 0 Å². The van der Waals surface area contributed by atoms with Gasteiger partial charge in [-0.25, -0.2) is 4.79 Å². The van der Waals surface area contributed by atoms with Crippen molar-refractivity contribution in [3.63, 3.8) is 0 Å². The normalized spacial score (nSPS) is 36.2.